The number of nitrogens with zero attached hydrogens (tertiary/aromatic N) is 2. The molecule has 1 heterocycles. The van der Waals surface area contributed by atoms with Crippen molar-refractivity contribution in [1.82, 2.24) is 15.1 Å². The molecule has 0 radical (unpaired) electrons. The lowest BCUT2D eigenvalue weighted by atomic mass is 10.0. The van der Waals surface area contributed by atoms with Gasteiger partial charge in [-0.2, -0.15) is 5.10 Å². The molecule has 0 aliphatic carbocycles. The van der Waals surface area contributed by atoms with E-state index in [-0.39, 0.29) is 24.0 Å². The fourth-order valence-corrected chi connectivity index (χ4v) is 3.76. The molecule has 0 fully saturated rings. The predicted octanol–water partition coefficient (Wildman–Crippen LogP) is 4.74. The fourth-order valence-electron chi connectivity index (χ4n) is 3.76. The van der Waals surface area contributed by atoms with E-state index in [9.17, 15) is 19.1 Å². The molecule has 1 amide bonds. The van der Waals surface area contributed by atoms with Crippen LogP contribution in [-0.4, -0.2) is 45.7 Å². The number of hydrogen-bond donors (Lipinski definition) is 2. The van der Waals surface area contributed by atoms with Gasteiger partial charge in [-0.1, -0.05) is 30.3 Å². The van der Waals surface area contributed by atoms with Gasteiger partial charge in [-0.25, -0.2) is 9.18 Å². The normalized spacial score (nSPS) is 10.9. The molecule has 0 unspecified atom stereocenters. The summed E-state index contributed by atoms with van der Waals surface area (Å²) in [6, 6.07) is 16.5. The van der Waals surface area contributed by atoms with Crippen molar-refractivity contribution in [1.29, 1.82) is 0 Å². The van der Waals surface area contributed by atoms with Crippen molar-refractivity contribution in [2.75, 3.05) is 13.7 Å². The molecule has 7 nitrogen and oxygen atoms in total. The lowest BCUT2D eigenvalue weighted by Gasteiger charge is -2.19. The van der Waals surface area contributed by atoms with Crippen molar-refractivity contribution < 1.29 is 23.8 Å². The van der Waals surface area contributed by atoms with Crippen LogP contribution in [-0.2, 0) is 6.54 Å². The number of hydrogen-bond acceptors (Lipinski definition) is 4. The summed E-state index contributed by atoms with van der Waals surface area (Å²) in [4.78, 5) is 26.0. The number of rotatable bonds is 7. The number of nitrogens with one attached hydrogen (secondary N) is 1. The van der Waals surface area contributed by atoms with Crippen LogP contribution in [0.4, 0.5) is 4.39 Å². The number of H-pyrrole nitrogens is 1. The number of fused-ring (bicyclic) bond motifs is 1. The minimum Gasteiger partial charge on any atom is -0.493 e. The van der Waals surface area contributed by atoms with Crippen LogP contribution in [0.1, 0.15) is 33.3 Å². The summed E-state index contributed by atoms with van der Waals surface area (Å²) in [5.41, 5.74) is 3.00. The average Bonchev–Trinajstić information content (AvgIpc) is 3.24. The number of benzene rings is 3. The van der Waals surface area contributed by atoms with Gasteiger partial charge in [-0.05, 0) is 48.4 Å². The topological polar surface area (TPSA) is 95.5 Å². The van der Waals surface area contributed by atoms with Crippen LogP contribution in [0.3, 0.4) is 0 Å². The summed E-state index contributed by atoms with van der Waals surface area (Å²) in [5, 5.41) is 16.4. The van der Waals surface area contributed by atoms with Crippen molar-refractivity contribution in [3.63, 3.8) is 0 Å². The molecule has 2 N–H and O–H groups in total. The standard InChI is InChI=1S/C25H22FN3O4/c1-3-33-21-13-16(10-11-19(21)15-6-4-8-18(26)12-15)24(30)29(2)14-17-7-5-9-20-22(17)27-28-23(20)25(31)32/h4-13H,3,14H2,1-2H3,(H,27,28)(H,31,32). The molecule has 0 saturated heterocycles. The summed E-state index contributed by atoms with van der Waals surface area (Å²) in [7, 11) is 1.66. The van der Waals surface area contributed by atoms with E-state index in [1.165, 1.54) is 17.0 Å². The number of aromatic carboxylic acids is 1. The van der Waals surface area contributed by atoms with Crippen LogP contribution in [0.25, 0.3) is 22.0 Å². The Morgan fingerprint density at radius 2 is 1.91 bits per heavy atom. The highest BCUT2D eigenvalue weighted by atomic mass is 19.1. The number of carboxylic acids is 1. The molecule has 168 valence electrons. The van der Waals surface area contributed by atoms with Crippen LogP contribution in [0.15, 0.2) is 60.7 Å². The summed E-state index contributed by atoms with van der Waals surface area (Å²) >= 11 is 0. The minimum absolute atomic E-state index is 0.00937. The second-order valence-corrected chi connectivity index (χ2v) is 7.53. The third-order valence-corrected chi connectivity index (χ3v) is 5.30. The van der Waals surface area contributed by atoms with Crippen molar-refractivity contribution >= 4 is 22.8 Å². The Hall–Kier alpha value is -4.20. The van der Waals surface area contributed by atoms with E-state index in [1.54, 1.807) is 55.6 Å². The summed E-state index contributed by atoms with van der Waals surface area (Å²) < 4.78 is 19.4. The first-order chi connectivity index (χ1) is 15.9. The number of aromatic nitrogens is 2. The quantitative estimate of drug-likeness (QED) is 0.427. The minimum atomic E-state index is -1.10. The van der Waals surface area contributed by atoms with E-state index in [2.05, 4.69) is 10.2 Å². The van der Waals surface area contributed by atoms with E-state index >= 15 is 0 Å². The van der Waals surface area contributed by atoms with Gasteiger partial charge in [0, 0.05) is 30.1 Å². The summed E-state index contributed by atoms with van der Waals surface area (Å²) in [6.45, 7) is 2.46. The van der Waals surface area contributed by atoms with Gasteiger partial charge in [0.1, 0.15) is 11.6 Å². The van der Waals surface area contributed by atoms with Crippen LogP contribution in [0.2, 0.25) is 0 Å². The number of carbonyl (C=O) groups is 2. The van der Waals surface area contributed by atoms with Gasteiger partial charge in [-0.3, -0.25) is 9.89 Å². The number of carboxylic acid groups (broad SMARTS) is 1. The van der Waals surface area contributed by atoms with Crippen molar-refractivity contribution in [2.45, 2.75) is 13.5 Å². The van der Waals surface area contributed by atoms with Gasteiger partial charge in [0.15, 0.2) is 5.69 Å². The van der Waals surface area contributed by atoms with Crippen LogP contribution in [0.5, 0.6) is 5.75 Å². The first-order valence-electron chi connectivity index (χ1n) is 10.4. The van der Waals surface area contributed by atoms with Crippen LogP contribution >= 0.6 is 0 Å². The maximum absolute atomic E-state index is 13.7. The Morgan fingerprint density at radius 3 is 2.64 bits per heavy atom. The maximum Gasteiger partial charge on any atom is 0.354 e. The van der Waals surface area contributed by atoms with Gasteiger partial charge in [0.05, 0.1) is 12.1 Å². The molecule has 4 aromatic rings. The monoisotopic (exact) mass is 447 g/mol. The molecule has 1 aromatic heterocycles. The molecule has 3 aromatic carbocycles. The van der Waals surface area contributed by atoms with Gasteiger partial charge < -0.3 is 14.7 Å². The molecule has 0 aliphatic rings. The van der Waals surface area contributed by atoms with Crippen molar-refractivity contribution in [2.24, 2.45) is 0 Å². The van der Waals surface area contributed by atoms with E-state index < -0.39 is 5.97 Å². The predicted molar refractivity (Wildman–Crippen MR) is 122 cm³/mol. The maximum atomic E-state index is 13.7. The Kier molecular flexibility index (Phi) is 6.08. The van der Waals surface area contributed by atoms with E-state index in [0.717, 1.165) is 0 Å². The zero-order valence-electron chi connectivity index (χ0n) is 18.1. The third kappa shape index (κ3) is 4.41. The largest absolute Gasteiger partial charge is 0.493 e. The molecule has 33 heavy (non-hydrogen) atoms. The molecule has 0 spiro atoms. The lowest BCUT2D eigenvalue weighted by molar-refractivity contribution is 0.0691. The molecule has 0 bridgehead atoms. The molecule has 0 saturated carbocycles. The summed E-state index contributed by atoms with van der Waals surface area (Å²) in [5.74, 6) is -1.20. The summed E-state index contributed by atoms with van der Waals surface area (Å²) in [6.07, 6.45) is 0. The number of aromatic amines is 1. The third-order valence-electron chi connectivity index (χ3n) is 5.30. The second-order valence-electron chi connectivity index (χ2n) is 7.53. The van der Waals surface area contributed by atoms with E-state index in [0.29, 0.717) is 45.5 Å². The lowest BCUT2D eigenvalue weighted by Crippen LogP contribution is -2.26. The van der Waals surface area contributed by atoms with Crippen molar-refractivity contribution in [3.05, 3.63) is 83.3 Å². The van der Waals surface area contributed by atoms with Gasteiger partial charge in [-0.15, -0.1) is 0 Å². The highest BCUT2D eigenvalue weighted by molar-refractivity contribution is 6.02. The highest BCUT2D eigenvalue weighted by Crippen LogP contribution is 2.32. The molecule has 0 atom stereocenters. The average molecular weight is 447 g/mol. The zero-order chi connectivity index (χ0) is 23.5. The molecular weight excluding hydrogens is 425 g/mol. The van der Waals surface area contributed by atoms with Crippen LogP contribution < -0.4 is 4.74 Å². The Bertz CT molecular complexity index is 1350. The molecule has 8 heteroatoms. The number of halogens is 1. The van der Waals surface area contributed by atoms with Crippen molar-refractivity contribution in [3.8, 4) is 16.9 Å². The second kappa shape index (κ2) is 9.12. The smallest absolute Gasteiger partial charge is 0.354 e. The number of amides is 1. The molecule has 0 aliphatic heterocycles. The first-order valence-corrected chi connectivity index (χ1v) is 10.4. The first kappa shape index (κ1) is 22.0. The van der Waals surface area contributed by atoms with E-state index in [1.807, 2.05) is 6.92 Å². The fraction of sp³-hybridized carbons (Fsp3) is 0.160. The Labute approximate surface area is 189 Å². The van der Waals surface area contributed by atoms with E-state index in [4.69, 9.17) is 4.74 Å². The van der Waals surface area contributed by atoms with Gasteiger partial charge in [0.25, 0.3) is 5.91 Å². The van der Waals surface area contributed by atoms with Crippen LogP contribution in [0, 0.1) is 5.82 Å². The number of ether oxygens (including phenoxy) is 1. The number of carbonyl (C=O) groups excluding carboxylic acids is 1. The molecular formula is C25H22FN3O4. The number of para-hydroxylation sites is 1. The highest BCUT2D eigenvalue weighted by Gasteiger charge is 2.19. The molecule has 4 rings (SSSR count). The van der Waals surface area contributed by atoms with Gasteiger partial charge >= 0.3 is 5.97 Å². The Balaban J connectivity index is 1.62. The zero-order valence-corrected chi connectivity index (χ0v) is 18.1. The van der Waals surface area contributed by atoms with Gasteiger partial charge in [0.2, 0.25) is 0 Å². The SMILES string of the molecule is CCOc1cc(C(=O)N(C)Cc2cccc3c(C(=O)O)[nH]nc23)ccc1-c1cccc(F)c1. The Morgan fingerprint density at radius 1 is 1.12 bits per heavy atom.